The molecule has 0 bridgehead atoms. The summed E-state index contributed by atoms with van der Waals surface area (Å²) in [5.41, 5.74) is 4.12. The van der Waals surface area contributed by atoms with Crippen LogP contribution < -0.4 is 4.72 Å². The predicted octanol–water partition coefficient (Wildman–Crippen LogP) is 6.82. The molecule has 5 heteroatoms. The van der Waals surface area contributed by atoms with Gasteiger partial charge in [0.05, 0.1) is 10.6 Å². The van der Waals surface area contributed by atoms with Gasteiger partial charge in [0, 0.05) is 5.02 Å². The van der Waals surface area contributed by atoms with Crippen molar-refractivity contribution in [3.63, 3.8) is 0 Å². The van der Waals surface area contributed by atoms with Crippen LogP contribution in [0.4, 0.5) is 5.69 Å². The molecule has 0 fully saturated rings. The summed E-state index contributed by atoms with van der Waals surface area (Å²) in [6.45, 7) is 14.2. The van der Waals surface area contributed by atoms with Crippen molar-refractivity contribution < 1.29 is 8.42 Å². The van der Waals surface area contributed by atoms with Crippen LogP contribution >= 0.6 is 11.6 Å². The van der Waals surface area contributed by atoms with Crippen LogP contribution in [0.25, 0.3) is 0 Å². The number of halogens is 1. The molecule has 0 aliphatic heterocycles. The fourth-order valence-corrected chi connectivity index (χ4v) is 5.11. The normalized spacial score (nSPS) is 12.3. The minimum Gasteiger partial charge on any atom is -0.279 e. The van der Waals surface area contributed by atoms with E-state index in [0.29, 0.717) is 21.5 Å². The van der Waals surface area contributed by atoms with E-state index in [9.17, 15) is 8.42 Å². The van der Waals surface area contributed by atoms with Crippen molar-refractivity contribution in [2.75, 3.05) is 4.72 Å². The molecule has 1 N–H and O–H groups in total. The monoisotopic (exact) mass is 407 g/mol. The molecule has 148 valence electrons. The van der Waals surface area contributed by atoms with Crippen LogP contribution in [-0.2, 0) is 10.0 Å². The van der Waals surface area contributed by atoms with Gasteiger partial charge in [0.1, 0.15) is 0 Å². The van der Waals surface area contributed by atoms with Crippen LogP contribution in [0.15, 0.2) is 35.2 Å². The average molecular weight is 408 g/mol. The molecule has 2 rings (SSSR count). The molecule has 3 nitrogen and oxygen atoms in total. The lowest BCUT2D eigenvalue weighted by Gasteiger charge is -2.23. The maximum absolute atomic E-state index is 13.4. The first-order valence-electron chi connectivity index (χ1n) is 9.41. The number of nitrogens with one attached hydrogen (secondary N) is 1. The van der Waals surface area contributed by atoms with Crippen LogP contribution in [0, 0.1) is 6.92 Å². The van der Waals surface area contributed by atoms with Crippen LogP contribution in [0.1, 0.15) is 81.5 Å². The Morgan fingerprint density at radius 2 is 1.41 bits per heavy atom. The van der Waals surface area contributed by atoms with Gasteiger partial charge in [-0.05, 0) is 59.1 Å². The van der Waals surface area contributed by atoms with Crippen molar-refractivity contribution in [3.8, 4) is 0 Å². The number of anilines is 1. The second-order valence-electron chi connectivity index (χ2n) is 8.01. The Bertz CT molecular complexity index is 902. The number of hydrogen-bond acceptors (Lipinski definition) is 2. The fraction of sp³-hybridized carbons (Fsp3) is 0.455. The number of rotatable bonds is 6. The zero-order valence-electron chi connectivity index (χ0n) is 17.2. The Balaban J connectivity index is 2.72. The van der Waals surface area contributed by atoms with Gasteiger partial charge in [-0.3, -0.25) is 4.72 Å². The van der Waals surface area contributed by atoms with Crippen molar-refractivity contribution >= 4 is 27.3 Å². The summed E-state index contributed by atoms with van der Waals surface area (Å²) in [6, 6.07) is 9.33. The van der Waals surface area contributed by atoms with E-state index in [2.05, 4.69) is 18.6 Å². The van der Waals surface area contributed by atoms with E-state index in [-0.39, 0.29) is 11.8 Å². The zero-order valence-corrected chi connectivity index (χ0v) is 18.8. The van der Waals surface area contributed by atoms with Gasteiger partial charge in [0.15, 0.2) is 0 Å². The van der Waals surface area contributed by atoms with Gasteiger partial charge in [0.25, 0.3) is 10.0 Å². The molecule has 0 heterocycles. The standard InChI is InChI=1S/C22H30ClNO2S/c1-13(2)17-11-18(14(3)4)22(19(12-17)15(5)6)27(25,26)24-21-10-8-9-20(23)16(21)7/h8-15,24H,1-7H3. The lowest BCUT2D eigenvalue weighted by molar-refractivity contribution is 0.595. The highest BCUT2D eigenvalue weighted by Gasteiger charge is 2.27. The number of benzene rings is 2. The van der Waals surface area contributed by atoms with Crippen molar-refractivity contribution in [1.82, 2.24) is 0 Å². The number of hydrogen-bond donors (Lipinski definition) is 1. The molecule has 0 atom stereocenters. The molecule has 0 aliphatic carbocycles. The Morgan fingerprint density at radius 3 is 1.85 bits per heavy atom. The minimum atomic E-state index is -3.76. The largest absolute Gasteiger partial charge is 0.279 e. The molecular formula is C22H30ClNO2S. The number of sulfonamides is 1. The van der Waals surface area contributed by atoms with E-state index in [4.69, 9.17) is 11.6 Å². The van der Waals surface area contributed by atoms with Crippen LogP contribution in [0.3, 0.4) is 0 Å². The quantitative estimate of drug-likeness (QED) is 0.570. The molecule has 0 spiro atoms. The molecule has 0 saturated carbocycles. The topological polar surface area (TPSA) is 46.2 Å². The molecule has 0 unspecified atom stereocenters. The highest BCUT2D eigenvalue weighted by atomic mass is 35.5. The van der Waals surface area contributed by atoms with Gasteiger partial charge in [-0.15, -0.1) is 0 Å². The second kappa shape index (κ2) is 8.24. The molecule has 0 amide bonds. The Morgan fingerprint density at radius 1 is 0.889 bits per heavy atom. The molecular weight excluding hydrogens is 378 g/mol. The van der Waals surface area contributed by atoms with Crippen molar-refractivity contribution in [1.29, 1.82) is 0 Å². The summed E-state index contributed by atoms with van der Waals surface area (Å²) >= 11 is 6.17. The maximum atomic E-state index is 13.4. The third kappa shape index (κ3) is 4.67. The van der Waals surface area contributed by atoms with Gasteiger partial charge in [-0.1, -0.05) is 71.3 Å². The highest BCUT2D eigenvalue weighted by Crippen LogP contribution is 2.36. The predicted molar refractivity (Wildman–Crippen MR) is 116 cm³/mol. The van der Waals surface area contributed by atoms with E-state index in [0.717, 1.165) is 16.7 Å². The molecule has 2 aromatic carbocycles. The first-order chi connectivity index (χ1) is 12.5. The lowest BCUT2D eigenvalue weighted by atomic mass is 9.89. The van der Waals surface area contributed by atoms with Crippen LogP contribution in [0.2, 0.25) is 5.02 Å². The summed E-state index contributed by atoms with van der Waals surface area (Å²) in [6.07, 6.45) is 0. The van der Waals surface area contributed by atoms with Gasteiger partial charge in [-0.2, -0.15) is 0 Å². The Kier molecular flexibility index (Phi) is 6.64. The van der Waals surface area contributed by atoms with E-state index in [1.54, 1.807) is 18.2 Å². The maximum Gasteiger partial charge on any atom is 0.262 e. The minimum absolute atomic E-state index is 0.0910. The molecule has 0 aliphatic rings. The van der Waals surface area contributed by atoms with Gasteiger partial charge in [0.2, 0.25) is 0 Å². The van der Waals surface area contributed by atoms with Crippen LogP contribution in [0.5, 0.6) is 0 Å². The summed E-state index contributed by atoms with van der Waals surface area (Å²) in [4.78, 5) is 0.399. The Hall–Kier alpha value is -1.52. The highest BCUT2D eigenvalue weighted by molar-refractivity contribution is 7.92. The first-order valence-corrected chi connectivity index (χ1v) is 11.3. The SMILES string of the molecule is Cc1c(Cl)cccc1NS(=O)(=O)c1c(C(C)C)cc(C(C)C)cc1C(C)C. The van der Waals surface area contributed by atoms with E-state index >= 15 is 0 Å². The summed E-state index contributed by atoms with van der Waals surface area (Å²) in [7, 11) is -3.76. The lowest BCUT2D eigenvalue weighted by Crippen LogP contribution is -2.19. The van der Waals surface area contributed by atoms with Crippen molar-refractivity contribution in [2.24, 2.45) is 0 Å². The molecule has 0 aromatic heterocycles. The van der Waals surface area contributed by atoms with Gasteiger partial charge >= 0.3 is 0 Å². The van der Waals surface area contributed by atoms with E-state index in [1.165, 1.54) is 5.56 Å². The zero-order chi connectivity index (χ0) is 20.5. The van der Waals surface area contributed by atoms with E-state index in [1.807, 2.05) is 46.8 Å². The third-order valence-electron chi connectivity index (χ3n) is 4.86. The molecule has 27 heavy (non-hydrogen) atoms. The van der Waals surface area contributed by atoms with Gasteiger partial charge < -0.3 is 0 Å². The smallest absolute Gasteiger partial charge is 0.262 e. The van der Waals surface area contributed by atoms with E-state index < -0.39 is 10.0 Å². The summed E-state index contributed by atoms with van der Waals surface area (Å²) in [5, 5.41) is 0.540. The third-order valence-corrected chi connectivity index (χ3v) is 6.77. The second-order valence-corrected chi connectivity index (χ2v) is 10.0. The first kappa shape index (κ1) is 21.8. The van der Waals surface area contributed by atoms with Crippen molar-refractivity contribution in [3.05, 3.63) is 57.6 Å². The molecule has 0 radical (unpaired) electrons. The van der Waals surface area contributed by atoms with Gasteiger partial charge in [-0.25, -0.2) is 8.42 Å². The molecule has 2 aromatic rings. The Labute approximate surface area is 169 Å². The van der Waals surface area contributed by atoms with Crippen molar-refractivity contribution in [2.45, 2.75) is 71.1 Å². The molecule has 0 saturated heterocycles. The summed E-state index contributed by atoms with van der Waals surface area (Å²) < 4.78 is 29.7. The summed E-state index contributed by atoms with van der Waals surface area (Å²) in [5.74, 6) is 0.515. The average Bonchev–Trinajstić information content (AvgIpc) is 2.57. The fourth-order valence-electron chi connectivity index (χ4n) is 3.11. The van der Waals surface area contributed by atoms with Crippen LogP contribution in [-0.4, -0.2) is 8.42 Å².